The van der Waals surface area contributed by atoms with E-state index in [2.05, 4.69) is 26.9 Å². The monoisotopic (exact) mass is 302 g/mol. The molecule has 2 aromatic rings. The summed E-state index contributed by atoms with van der Waals surface area (Å²) in [7, 11) is 0. The van der Waals surface area contributed by atoms with Crippen LogP contribution in [-0.2, 0) is 0 Å². The van der Waals surface area contributed by atoms with Gasteiger partial charge in [-0.2, -0.15) is 4.98 Å². The molecule has 0 radical (unpaired) electrons. The molecule has 1 unspecified atom stereocenters. The molecule has 2 heterocycles. The van der Waals surface area contributed by atoms with Crippen molar-refractivity contribution in [3.05, 3.63) is 30.3 Å². The Bertz CT molecular complexity index is 575. The summed E-state index contributed by atoms with van der Waals surface area (Å²) < 4.78 is 5.36. The molecule has 1 saturated heterocycles. The van der Waals surface area contributed by atoms with Crippen molar-refractivity contribution in [1.82, 2.24) is 15.0 Å². The van der Waals surface area contributed by atoms with E-state index >= 15 is 0 Å². The average molecular weight is 302 g/mol. The molecule has 0 bridgehead atoms. The van der Waals surface area contributed by atoms with Crippen LogP contribution in [0, 0.1) is 0 Å². The molecule has 1 fully saturated rings. The number of aromatic nitrogens is 2. The maximum Gasteiger partial charge on any atom is 0.266 e. The van der Waals surface area contributed by atoms with E-state index in [0.717, 1.165) is 38.2 Å². The van der Waals surface area contributed by atoms with Gasteiger partial charge in [-0.15, -0.1) is 0 Å². The Labute approximate surface area is 130 Å². The summed E-state index contributed by atoms with van der Waals surface area (Å²) in [6, 6.07) is 10.1. The molecule has 1 atom stereocenters. The van der Waals surface area contributed by atoms with Crippen molar-refractivity contribution in [2.24, 2.45) is 0 Å². The van der Waals surface area contributed by atoms with Gasteiger partial charge in [-0.1, -0.05) is 25.1 Å². The second-order valence-corrected chi connectivity index (χ2v) is 5.53. The first-order chi connectivity index (χ1) is 10.8. The fourth-order valence-corrected chi connectivity index (χ4v) is 2.83. The number of benzene rings is 1. The Morgan fingerprint density at radius 2 is 1.91 bits per heavy atom. The molecule has 0 aliphatic carbocycles. The number of piperazine rings is 1. The van der Waals surface area contributed by atoms with E-state index in [4.69, 9.17) is 4.52 Å². The number of hydrogen-bond donors (Lipinski definition) is 1. The highest BCUT2D eigenvalue weighted by Gasteiger charge is 2.24. The van der Waals surface area contributed by atoms with Gasteiger partial charge >= 0.3 is 0 Å². The number of anilines is 1. The number of hydrogen-bond acceptors (Lipinski definition) is 6. The summed E-state index contributed by atoms with van der Waals surface area (Å²) in [5, 5.41) is 13.5. The predicted molar refractivity (Wildman–Crippen MR) is 84.7 cm³/mol. The van der Waals surface area contributed by atoms with Crippen LogP contribution in [0.5, 0.6) is 0 Å². The maximum atomic E-state index is 9.40. The third-order valence-electron chi connectivity index (χ3n) is 4.23. The van der Waals surface area contributed by atoms with E-state index in [-0.39, 0.29) is 12.6 Å². The standard InChI is InChI=1S/C16H22N4O2/c1-2-14(12-21)19-8-10-20(11-9-19)16-17-15(22-18-16)13-6-4-3-5-7-13/h3-7,14,21H,2,8-12H2,1H3. The molecular weight excluding hydrogens is 280 g/mol. The third kappa shape index (κ3) is 3.13. The highest BCUT2D eigenvalue weighted by atomic mass is 16.5. The van der Waals surface area contributed by atoms with Crippen LogP contribution in [0.1, 0.15) is 13.3 Å². The largest absolute Gasteiger partial charge is 0.395 e. The van der Waals surface area contributed by atoms with Crippen molar-refractivity contribution in [3.8, 4) is 11.5 Å². The molecule has 0 amide bonds. The van der Waals surface area contributed by atoms with Gasteiger partial charge in [0.2, 0.25) is 0 Å². The second kappa shape index (κ2) is 6.89. The molecule has 1 aliphatic rings. The van der Waals surface area contributed by atoms with Gasteiger partial charge in [-0.3, -0.25) is 4.90 Å². The first-order valence-corrected chi connectivity index (χ1v) is 7.80. The molecule has 0 saturated carbocycles. The van der Waals surface area contributed by atoms with Crippen LogP contribution in [-0.4, -0.2) is 59.0 Å². The van der Waals surface area contributed by atoms with E-state index in [1.165, 1.54) is 0 Å². The molecule has 6 heteroatoms. The lowest BCUT2D eigenvalue weighted by Gasteiger charge is -2.37. The van der Waals surface area contributed by atoms with Crippen molar-refractivity contribution in [3.63, 3.8) is 0 Å². The minimum Gasteiger partial charge on any atom is -0.395 e. The molecule has 1 aromatic heterocycles. The Balaban J connectivity index is 1.64. The van der Waals surface area contributed by atoms with Crippen molar-refractivity contribution in [2.75, 3.05) is 37.7 Å². The van der Waals surface area contributed by atoms with Gasteiger partial charge < -0.3 is 14.5 Å². The van der Waals surface area contributed by atoms with Crippen LogP contribution in [0.3, 0.4) is 0 Å². The van der Waals surface area contributed by atoms with Gasteiger partial charge in [-0.05, 0) is 23.7 Å². The highest BCUT2D eigenvalue weighted by molar-refractivity contribution is 5.54. The summed E-state index contributed by atoms with van der Waals surface area (Å²) >= 11 is 0. The average Bonchev–Trinajstić information content (AvgIpc) is 3.07. The van der Waals surface area contributed by atoms with Crippen molar-refractivity contribution in [2.45, 2.75) is 19.4 Å². The van der Waals surface area contributed by atoms with Gasteiger partial charge in [0, 0.05) is 37.8 Å². The van der Waals surface area contributed by atoms with E-state index in [0.29, 0.717) is 11.8 Å². The smallest absolute Gasteiger partial charge is 0.266 e. The minimum atomic E-state index is 0.219. The number of aliphatic hydroxyl groups is 1. The van der Waals surface area contributed by atoms with Crippen molar-refractivity contribution in [1.29, 1.82) is 0 Å². The quantitative estimate of drug-likeness (QED) is 0.905. The van der Waals surface area contributed by atoms with E-state index < -0.39 is 0 Å². The SMILES string of the molecule is CCC(CO)N1CCN(c2noc(-c3ccccc3)n2)CC1. The first kappa shape index (κ1) is 15.0. The topological polar surface area (TPSA) is 65.6 Å². The van der Waals surface area contributed by atoms with Crippen LogP contribution in [0.2, 0.25) is 0 Å². The van der Waals surface area contributed by atoms with Gasteiger partial charge in [0.25, 0.3) is 11.8 Å². The zero-order chi connectivity index (χ0) is 15.4. The molecule has 1 N–H and O–H groups in total. The summed E-state index contributed by atoms with van der Waals surface area (Å²) in [6.45, 7) is 5.85. The van der Waals surface area contributed by atoms with Crippen molar-refractivity contribution >= 4 is 5.95 Å². The Kier molecular flexibility index (Phi) is 4.70. The van der Waals surface area contributed by atoms with E-state index in [1.54, 1.807) is 0 Å². The van der Waals surface area contributed by atoms with Gasteiger partial charge in [0.05, 0.1) is 6.61 Å². The van der Waals surface area contributed by atoms with Crippen LogP contribution >= 0.6 is 0 Å². The van der Waals surface area contributed by atoms with E-state index in [1.807, 2.05) is 30.3 Å². The van der Waals surface area contributed by atoms with E-state index in [9.17, 15) is 5.11 Å². The van der Waals surface area contributed by atoms with Gasteiger partial charge in [0.15, 0.2) is 0 Å². The number of nitrogens with zero attached hydrogens (tertiary/aromatic N) is 4. The molecule has 118 valence electrons. The zero-order valence-corrected chi connectivity index (χ0v) is 12.9. The van der Waals surface area contributed by atoms with Crippen LogP contribution in [0.25, 0.3) is 11.5 Å². The molecule has 1 aromatic carbocycles. The zero-order valence-electron chi connectivity index (χ0n) is 12.9. The Hall–Kier alpha value is -1.92. The summed E-state index contributed by atoms with van der Waals surface area (Å²) in [4.78, 5) is 8.96. The molecule has 0 spiro atoms. The van der Waals surface area contributed by atoms with Crippen molar-refractivity contribution < 1.29 is 9.63 Å². The fraction of sp³-hybridized carbons (Fsp3) is 0.500. The van der Waals surface area contributed by atoms with Crippen LogP contribution in [0.4, 0.5) is 5.95 Å². The number of aliphatic hydroxyl groups excluding tert-OH is 1. The maximum absolute atomic E-state index is 9.40. The molecule has 1 aliphatic heterocycles. The predicted octanol–water partition coefficient (Wildman–Crippen LogP) is 1.63. The van der Waals surface area contributed by atoms with Gasteiger partial charge in [0.1, 0.15) is 0 Å². The number of rotatable bonds is 5. The normalized spacial score (nSPS) is 17.6. The highest BCUT2D eigenvalue weighted by Crippen LogP contribution is 2.21. The summed E-state index contributed by atoms with van der Waals surface area (Å²) in [5.41, 5.74) is 0.936. The molecule has 3 rings (SSSR count). The molecular formula is C16H22N4O2. The molecule has 6 nitrogen and oxygen atoms in total. The Morgan fingerprint density at radius 3 is 2.55 bits per heavy atom. The summed E-state index contributed by atoms with van der Waals surface area (Å²) in [6.07, 6.45) is 0.969. The fourth-order valence-electron chi connectivity index (χ4n) is 2.83. The molecule has 22 heavy (non-hydrogen) atoms. The van der Waals surface area contributed by atoms with Crippen LogP contribution in [0.15, 0.2) is 34.9 Å². The lowest BCUT2D eigenvalue weighted by atomic mass is 10.2. The lowest BCUT2D eigenvalue weighted by molar-refractivity contribution is 0.113. The summed E-state index contributed by atoms with van der Waals surface area (Å²) in [5.74, 6) is 1.20. The van der Waals surface area contributed by atoms with Gasteiger partial charge in [-0.25, -0.2) is 0 Å². The second-order valence-electron chi connectivity index (χ2n) is 5.53. The van der Waals surface area contributed by atoms with Crippen LogP contribution < -0.4 is 4.90 Å². The lowest BCUT2D eigenvalue weighted by Crippen LogP contribution is -2.51. The first-order valence-electron chi connectivity index (χ1n) is 7.80. The minimum absolute atomic E-state index is 0.219. The Morgan fingerprint density at radius 1 is 1.18 bits per heavy atom. The third-order valence-corrected chi connectivity index (χ3v) is 4.23.